The number of nitrogens with zero attached hydrogens (tertiary/aromatic N) is 5. The number of methoxy groups -OCH3 is 1. The number of amides is 1. The maximum Gasteiger partial charge on any atom is 0.412 e. The summed E-state index contributed by atoms with van der Waals surface area (Å²) in [5.41, 5.74) is 1.20. The summed E-state index contributed by atoms with van der Waals surface area (Å²) in [6.07, 6.45) is 5.54. The van der Waals surface area contributed by atoms with Crippen molar-refractivity contribution < 1.29 is 14.3 Å². The number of nitriles is 1. The third-order valence-corrected chi connectivity index (χ3v) is 6.85. The van der Waals surface area contributed by atoms with Crippen molar-refractivity contribution in [1.29, 1.82) is 5.26 Å². The maximum atomic E-state index is 11.5. The predicted octanol–water partition coefficient (Wildman–Crippen LogP) is 4.58. The molecule has 1 atom stereocenters. The Labute approximate surface area is 184 Å². The number of aromatic nitrogens is 4. The Kier molecular flexibility index (Phi) is 6.08. The lowest BCUT2D eigenvalue weighted by molar-refractivity contribution is -0.0395. The molecule has 0 radical (unpaired) electrons. The minimum absolute atomic E-state index is 0.110. The largest absolute Gasteiger partial charge is 0.453 e. The summed E-state index contributed by atoms with van der Waals surface area (Å²) in [5.74, 6) is 0.844. The molecule has 3 aromatic rings. The molecule has 9 nitrogen and oxygen atoms in total. The number of rotatable bonds is 4. The number of nitrogens with one attached hydrogen (secondary N) is 1. The molecule has 1 saturated heterocycles. The van der Waals surface area contributed by atoms with Gasteiger partial charge in [-0.15, -0.1) is 16.4 Å². The topological polar surface area (TPSA) is 115 Å². The van der Waals surface area contributed by atoms with Gasteiger partial charge in [0.1, 0.15) is 18.2 Å². The third-order valence-electron chi connectivity index (χ3n) is 4.56. The highest BCUT2D eigenvalue weighted by Crippen LogP contribution is 2.44. The van der Waals surface area contributed by atoms with E-state index in [9.17, 15) is 10.1 Å². The number of carbonyl (C=O) groups is 1. The molecular weight excluding hydrogens is 472 g/mol. The Morgan fingerprint density at radius 2 is 2.30 bits per heavy atom. The summed E-state index contributed by atoms with van der Waals surface area (Å²) in [6.45, 7) is 0.718. The maximum absolute atomic E-state index is 11.5. The van der Waals surface area contributed by atoms with E-state index >= 15 is 0 Å². The Balaban J connectivity index is 1.68. The van der Waals surface area contributed by atoms with E-state index in [4.69, 9.17) is 4.74 Å². The number of pyridine rings is 1. The van der Waals surface area contributed by atoms with Crippen LogP contribution in [0.25, 0.3) is 21.1 Å². The van der Waals surface area contributed by atoms with Crippen molar-refractivity contribution in [2.24, 2.45) is 0 Å². The van der Waals surface area contributed by atoms with Crippen LogP contribution in [-0.2, 0) is 9.47 Å². The zero-order valence-corrected chi connectivity index (χ0v) is 18.4. The number of carbonyl (C=O) groups excluding carboxylic acids is 1. The van der Waals surface area contributed by atoms with Gasteiger partial charge in [0.05, 0.1) is 26.9 Å². The van der Waals surface area contributed by atoms with Crippen LogP contribution in [0.2, 0.25) is 0 Å². The number of anilines is 1. The molecule has 3 aromatic heterocycles. The van der Waals surface area contributed by atoms with Crippen LogP contribution in [-0.4, -0.2) is 39.6 Å². The first kappa shape index (κ1) is 20.5. The quantitative estimate of drug-likeness (QED) is 0.571. The summed E-state index contributed by atoms with van der Waals surface area (Å²) >= 11 is 4.92. The first-order valence-electron chi connectivity index (χ1n) is 9.17. The average Bonchev–Trinajstić information content (AvgIpc) is 3.39. The van der Waals surface area contributed by atoms with E-state index in [0.29, 0.717) is 21.7 Å². The fourth-order valence-corrected chi connectivity index (χ4v) is 5.02. The minimum atomic E-state index is -0.618. The van der Waals surface area contributed by atoms with Gasteiger partial charge in [0, 0.05) is 12.8 Å². The number of ether oxygens (including phenoxy) is 2. The lowest BCUT2D eigenvalue weighted by Crippen LogP contribution is -2.18. The first-order valence-corrected chi connectivity index (χ1v) is 10.8. The van der Waals surface area contributed by atoms with Gasteiger partial charge in [0.2, 0.25) is 0 Å². The fraction of sp³-hybridized carbons (Fsp3) is 0.316. The molecule has 1 aliphatic heterocycles. The molecule has 30 heavy (non-hydrogen) atoms. The number of hydrogen-bond donors (Lipinski definition) is 1. The van der Waals surface area contributed by atoms with Crippen molar-refractivity contribution in [3.63, 3.8) is 0 Å². The molecule has 154 valence electrons. The predicted molar refractivity (Wildman–Crippen MR) is 114 cm³/mol. The van der Waals surface area contributed by atoms with E-state index in [1.54, 1.807) is 29.3 Å². The molecule has 0 spiro atoms. The summed E-state index contributed by atoms with van der Waals surface area (Å²) in [5, 5.41) is 16.8. The molecular formula is C19H17BrN6O3S. The van der Waals surface area contributed by atoms with Gasteiger partial charge >= 0.3 is 6.09 Å². The second kappa shape index (κ2) is 8.91. The Bertz CT molecular complexity index is 1120. The van der Waals surface area contributed by atoms with Crippen LogP contribution in [0, 0.1) is 11.3 Å². The minimum Gasteiger partial charge on any atom is -0.453 e. The smallest absolute Gasteiger partial charge is 0.412 e. The lowest BCUT2D eigenvalue weighted by atomic mass is 10.1. The summed E-state index contributed by atoms with van der Waals surface area (Å²) < 4.78 is 12.7. The third kappa shape index (κ3) is 4.07. The van der Waals surface area contributed by atoms with Crippen molar-refractivity contribution in [3.05, 3.63) is 34.7 Å². The van der Waals surface area contributed by atoms with Gasteiger partial charge in [-0.3, -0.25) is 5.32 Å². The number of halogens is 1. The van der Waals surface area contributed by atoms with Crippen molar-refractivity contribution in [2.75, 3.05) is 19.0 Å². The normalized spacial score (nSPS) is 16.1. The summed E-state index contributed by atoms with van der Waals surface area (Å²) in [6, 6.07) is 5.69. The molecule has 0 bridgehead atoms. The Hall–Kier alpha value is -2.81. The molecule has 0 saturated carbocycles. The van der Waals surface area contributed by atoms with Crippen molar-refractivity contribution in [3.8, 4) is 27.2 Å². The number of hydrogen-bond acceptors (Lipinski definition) is 8. The molecule has 0 aromatic carbocycles. The molecule has 1 amide bonds. The van der Waals surface area contributed by atoms with E-state index in [1.807, 2.05) is 0 Å². The molecule has 1 N–H and O–H groups in total. The van der Waals surface area contributed by atoms with Gasteiger partial charge in [-0.05, 0) is 52.9 Å². The molecule has 0 aliphatic carbocycles. The molecule has 4 rings (SSSR count). The molecule has 1 aliphatic rings. The SMILES string of the molecule is COC(=O)Nc1cc(-c2sc(-c3ncn(C4CCCCO4)n3)c(Br)c2C#N)ccn1. The molecule has 1 unspecified atom stereocenters. The first-order chi connectivity index (χ1) is 14.6. The fourth-order valence-electron chi connectivity index (χ4n) is 3.10. The van der Waals surface area contributed by atoms with Crippen molar-refractivity contribution >= 4 is 39.2 Å². The molecule has 1 fully saturated rings. The van der Waals surface area contributed by atoms with E-state index in [0.717, 1.165) is 41.2 Å². The lowest BCUT2D eigenvalue weighted by Gasteiger charge is -2.21. The molecule has 11 heteroatoms. The zero-order chi connectivity index (χ0) is 21.1. The monoisotopic (exact) mass is 488 g/mol. The Morgan fingerprint density at radius 3 is 3.03 bits per heavy atom. The van der Waals surface area contributed by atoms with Crippen LogP contribution in [0.1, 0.15) is 31.1 Å². The van der Waals surface area contributed by atoms with Gasteiger partial charge < -0.3 is 9.47 Å². The van der Waals surface area contributed by atoms with Gasteiger partial charge in [0.25, 0.3) is 0 Å². The van der Waals surface area contributed by atoms with Gasteiger partial charge in [-0.2, -0.15) is 5.26 Å². The highest BCUT2D eigenvalue weighted by atomic mass is 79.9. The highest BCUT2D eigenvalue weighted by Gasteiger charge is 2.23. The van der Waals surface area contributed by atoms with E-state index in [2.05, 4.69) is 47.1 Å². The van der Waals surface area contributed by atoms with Crippen LogP contribution >= 0.6 is 27.3 Å². The van der Waals surface area contributed by atoms with Crippen molar-refractivity contribution in [1.82, 2.24) is 19.7 Å². The van der Waals surface area contributed by atoms with Crippen LogP contribution in [0.5, 0.6) is 0 Å². The molecule has 4 heterocycles. The Morgan fingerprint density at radius 1 is 1.43 bits per heavy atom. The van der Waals surface area contributed by atoms with Gasteiger partial charge in [-0.1, -0.05) is 0 Å². The van der Waals surface area contributed by atoms with E-state index in [-0.39, 0.29) is 6.23 Å². The summed E-state index contributed by atoms with van der Waals surface area (Å²) in [4.78, 5) is 21.5. The highest BCUT2D eigenvalue weighted by molar-refractivity contribution is 9.10. The van der Waals surface area contributed by atoms with Crippen LogP contribution in [0.15, 0.2) is 29.1 Å². The number of thiophene rings is 1. The van der Waals surface area contributed by atoms with Crippen molar-refractivity contribution in [2.45, 2.75) is 25.5 Å². The average molecular weight is 489 g/mol. The van der Waals surface area contributed by atoms with Crippen LogP contribution < -0.4 is 5.32 Å². The second-order valence-electron chi connectivity index (χ2n) is 6.48. The van der Waals surface area contributed by atoms with Crippen LogP contribution in [0.4, 0.5) is 10.6 Å². The van der Waals surface area contributed by atoms with Crippen LogP contribution in [0.3, 0.4) is 0 Å². The van der Waals surface area contributed by atoms with E-state index in [1.165, 1.54) is 18.4 Å². The zero-order valence-electron chi connectivity index (χ0n) is 16.0. The van der Waals surface area contributed by atoms with E-state index < -0.39 is 6.09 Å². The van der Waals surface area contributed by atoms with Gasteiger partial charge in [0.15, 0.2) is 12.1 Å². The summed E-state index contributed by atoms with van der Waals surface area (Å²) in [7, 11) is 1.28. The standard InChI is InChI=1S/C19H17BrN6O3S/c1-28-19(27)24-13-8-11(5-6-22-13)16-12(9-21)15(20)17(30-16)18-23-10-26(25-18)14-4-2-3-7-29-14/h5-6,8,10,14H,2-4,7H2,1H3,(H,22,24,27). The second-order valence-corrected chi connectivity index (χ2v) is 8.29. The van der Waals surface area contributed by atoms with Gasteiger partial charge in [-0.25, -0.2) is 19.4 Å².